The highest BCUT2D eigenvalue weighted by Gasteiger charge is 2.15. The van der Waals surface area contributed by atoms with Crippen LogP contribution in [0.4, 0.5) is 5.82 Å². The Morgan fingerprint density at radius 2 is 1.90 bits per heavy atom. The maximum Gasteiger partial charge on any atom is 0.162 e. The molecular formula is C17H22IN3. The van der Waals surface area contributed by atoms with E-state index in [1.807, 2.05) is 7.05 Å². The summed E-state index contributed by atoms with van der Waals surface area (Å²) >= 11 is 2.34. The van der Waals surface area contributed by atoms with Crippen molar-refractivity contribution in [3.05, 3.63) is 39.1 Å². The van der Waals surface area contributed by atoms with E-state index in [4.69, 9.17) is 9.97 Å². The van der Waals surface area contributed by atoms with Crippen LogP contribution in [-0.2, 0) is 12.8 Å². The summed E-state index contributed by atoms with van der Waals surface area (Å²) in [6.07, 6.45) is 1.96. The van der Waals surface area contributed by atoms with Gasteiger partial charge in [-0.2, -0.15) is 0 Å². The van der Waals surface area contributed by atoms with Crippen LogP contribution >= 0.6 is 22.6 Å². The van der Waals surface area contributed by atoms with Crippen LogP contribution in [0.5, 0.6) is 0 Å². The van der Waals surface area contributed by atoms with E-state index in [0.717, 1.165) is 39.3 Å². The Morgan fingerprint density at radius 1 is 1.19 bits per heavy atom. The minimum Gasteiger partial charge on any atom is -0.372 e. The number of halogens is 1. The third-order valence-corrected chi connectivity index (χ3v) is 4.53. The molecule has 0 fully saturated rings. The molecule has 3 nitrogen and oxygen atoms in total. The van der Waals surface area contributed by atoms with Gasteiger partial charge in [-0.3, -0.25) is 0 Å². The van der Waals surface area contributed by atoms with E-state index in [1.165, 1.54) is 5.56 Å². The van der Waals surface area contributed by atoms with Crippen LogP contribution in [0.1, 0.15) is 32.0 Å². The summed E-state index contributed by atoms with van der Waals surface area (Å²) in [6.45, 7) is 6.60. The first-order valence-electron chi connectivity index (χ1n) is 7.39. The van der Waals surface area contributed by atoms with E-state index < -0.39 is 0 Å². The summed E-state index contributed by atoms with van der Waals surface area (Å²) < 4.78 is 1.13. The highest BCUT2D eigenvalue weighted by atomic mass is 127. The van der Waals surface area contributed by atoms with Crippen molar-refractivity contribution in [2.24, 2.45) is 5.92 Å². The lowest BCUT2D eigenvalue weighted by atomic mass is 10.0. The largest absolute Gasteiger partial charge is 0.372 e. The quantitative estimate of drug-likeness (QED) is 0.755. The van der Waals surface area contributed by atoms with Crippen LogP contribution in [-0.4, -0.2) is 17.0 Å². The monoisotopic (exact) mass is 395 g/mol. The number of aryl methyl sites for hydroxylation is 1. The van der Waals surface area contributed by atoms with Gasteiger partial charge in [0.25, 0.3) is 0 Å². The number of anilines is 1. The van der Waals surface area contributed by atoms with Crippen molar-refractivity contribution in [2.45, 2.75) is 33.6 Å². The predicted molar refractivity (Wildman–Crippen MR) is 97.7 cm³/mol. The number of aromatic nitrogens is 2. The molecule has 0 aliphatic rings. The molecule has 1 aromatic heterocycles. The van der Waals surface area contributed by atoms with Crippen molar-refractivity contribution in [3.63, 3.8) is 0 Å². The lowest BCUT2D eigenvalue weighted by Crippen LogP contribution is -2.08. The van der Waals surface area contributed by atoms with Crippen LogP contribution in [0.3, 0.4) is 0 Å². The molecule has 2 rings (SSSR count). The van der Waals surface area contributed by atoms with E-state index in [0.29, 0.717) is 5.92 Å². The van der Waals surface area contributed by atoms with Crippen molar-refractivity contribution in [2.75, 3.05) is 12.4 Å². The normalized spacial score (nSPS) is 11.0. The van der Waals surface area contributed by atoms with Gasteiger partial charge in [0.05, 0.1) is 9.26 Å². The van der Waals surface area contributed by atoms with E-state index in [9.17, 15) is 0 Å². The van der Waals surface area contributed by atoms with Crippen molar-refractivity contribution in [1.82, 2.24) is 9.97 Å². The zero-order valence-corrected chi connectivity index (χ0v) is 15.2. The van der Waals surface area contributed by atoms with Crippen LogP contribution in [0.25, 0.3) is 11.4 Å². The van der Waals surface area contributed by atoms with Gasteiger partial charge in [0, 0.05) is 12.6 Å². The summed E-state index contributed by atoms with van der Waals surface area (Å²) in [6, 6.07) is 8.39. The Labute approximate surface area is 140 Å². The molecule has 1 aromatic carbocycles. The average molecular weight is 395 g/mol. The topological polar surface area (TPSA) is 37.8 Å². The number of nitrogens with one attached hydrogen (secondary N) is 1. The molecule has 0 aliphatic heterocycles. The van der Waals surface area contributed by atoms with E-state index in [1.54, 1.807) is 0 Å². The first-order chi connectivity index (χ1) is 10.1. The Hall–Kier alpha value is -1.17. The third-order valence-electron chi connectivity index (χ3n) is 3.40. The van der Waals surface area contributed by atoms with E-state index in [-0.39, 0.29) is 0 Å². The Morgan fingerprint density at radius 3 is 2.52 bits per heavy atom. The number of rotatable bonds is 5. The smallest absolute Gasteiger partial charge is 0.162 e. The fourth-order valence-electron chi connectivity index (χ4n) is 2.35. The fourth-order valence-corrected chi connectivity index (χ4v) is 3.08. The van der Waals surface area contributed by atoms with Crippen molar-refractivity contribution in [3.8, 4) is 11.4 Å². The second kappa shape index (κ2) is 7.20. The zero-order chi connectivity index (χ0) is 15.4. The SMILES string of the molecule is CCc1ccccc1-c1nc(CC(C)C)c(I)c(NC)n1. The molecule has 0 atom stereocenters. The van der Waals surface area contributed by atoms with Gasteiger partial charge in [-0.25, -0.2) is 9.97 Å². The second-order valence-corrected chi connectivity index (χ2v) is 6.59. The molecule has 2 aromatic rings. The highest BCUT2D eigenvalue weighted by Crippen LogP contribution is 2.27. The minimum atomic E-state index is 0.576. The van der Waals surface area contributed by atoms with E-state index >= 15 is 0 Å². The maximum absolute atomic E-state index is 4.84. The lowest BCUT2D eigenvalue weighted by Gasteiger charge is -2.14. The molecule has 0 unspecified atom stereocenters. The Kier molecular flexibility index (Phi) is 5.56. The standard InChI is InChI=1S/C17H22IN3/c1-5-12-8-6-7-9-13(12)16-20-14(10-11(2)3)15(18)17(19-4)21-16/h6-9,11H,5,10H2,1-4H3,(H,19,20,21). The molecule has 0 saturated carbocycles. The Bertz CT molecular complexity index is 623. The maximum atomic E-state index is 4.84. The number of hydrogen-bond acceptors (Lipinski definition) is 3. The fraction of sp³-hybridized carbons (Fsp3) is 0.412. The molecule has 0 radical (unpaired) electrons. The van der Waals surface area contributed by atoms with Crippen LogP contribution in [0.2, 0.25) is 0 Å². The highest BCUT2D eigenvalue weighted by molar-refractivity contribution is 14.1. The van der Waals surface area contributed by atoms with E-state index in [2.05, 4.69) is 72.9 Å². The number of nitrogens with zero attached hydrogens (tertiary/aromatic N) is 2. The van der Waals surface area contributed by atoms with Crippen LogP contribution in [0, 0.1) is 9.49 Å². The van der Waals surface area contributed by atoms with Gasteiger partial charge in [0.2, 0.25) is 0 Å². The first kappa shape index (κ1) is 16.2. The van der Waals surface area contributed by atoms with Gasteiger partial charge < -0.3 is 5.32 Å². The molecule has 1 heterocycles. The van der Waals surface area contributed by atoms with Gasteiger partial charge in [-0.05, 0) is 46.9 Å². The molecule has 21 heavy (non-hydrogen) atoms. The molecule has 112 valence electrons. The summed E-state index contributed by atoms with van der Waals surface area (Å²) in [4.78, 5) is 9.55. The lowest BCUT2D eigenvalue weighted by molar-refractivity contribution is 0.632. The van der Waals surface area contributed by atoms with Crippen LogP contribution in [0.15, 0.2) is 24.3 Å². The molecule has 0 amide bonds. The Balaban J connectivity index is 2.58. The van der Waals surface area contributed by atoms with Gasteiger partial charge in [0.15, 0.2) is 5.82 Å². The summed E-state index contributed by atoms with van der Waals surface area (Å²) in [5, 5.41) is 3.20. The molecule has 0 spiro atoms. The van der Waals surface area contributed by atoms with Gasteiger partial charge in [-0.1, -0.05) is 45.0 Å². The van der Waals surface area contributed by atoms with Crippen molar-refractivity contribution in [1.29, 1.82) is 0 Å². The molecule has 0 aliphatic carbocycles. The predicted octanol–water partition coefficient (Wildman–Crippen LogP) is 4.55. The van der Waals surface area contributed by atoms with Gasteiger partial charge in [-0.15, -0.1) is 0 Å². The van der Waals surface area contributed by atoms with Gasteiger partial charge in [0.1, 0.15) is 5.82 Å². The zero-order valence-electron chi connectivity index (χ0n) is 13.1. The molecule has 1 N–H and O–H groups in total. The van der Waals surface area contributed by atoms with Crippen molar-refractivity contribution < 1.29 is 0 Å². The number of hydrogen-bond donors (Lipinski definition) is 1. The third kappa shape index (κ3) is 3.73. The second-order valence-electron chi connectivity index (χ2n) is 5.52. The minimum absolute atomic E-state index is 0.576. The molecule has 0 saturated heterocycles. The average Bonchev–Trinajstić information content (AvgIpc) is 2.48. The molecule has 4 heteroatoms. The summed E-state index contributed by atoms with van der Waals surface area (Å²) in [5.41, 5.74) is 3.56. The summed E-state index contributed by atoms with van der Waals surface area (Å²) in [5.74, 6) is 2.32. The summed E-state index contributed by atoms with van der Waals surface area (Å²) in [7, 11) is 1.92. The van der Waals surface area contributed by atoms with Crippen LogP contribution < -0.4 is 5.32 Å². The molecular weight excluding hydrogens is 373 g/mol. The van der Waals surface area contributed by atoms with Crippen molar-refractivity contribution >= 4 is 28.4 Å². The van der Waals surface area contributed by atoms with Gasteiger partial charge >= 0.3 is 0 Å². The first-order valence-corrected chi connectivity index (χ1v) is 8.47. The number of benzene rings is 1. The molecule has 0 bridgehead atoms.